The number of ether oxygens (including phenoxy) is 3. The average Bonchev–Trinajstić information content (AvgIpc) is 3.45. The first-order chi connectivity index (χ1) is 39.0. The third-order valence-electron chi connectivity index (χ3n) is 12.7. The van der Waals surface area contributed by atoms with Crippen molar-refractivity contribution in [1.29, 1.82) is 0 Å². The fraction of sp³-hybridized carbons (Fsp3) is 0.575. The summed E-state index contributed by atoms with van der Waals surface area (Å²) in [7, 11) is 0. The molecular formula is C73H114O6. The van der Waals surface area contributed by atoms with E-state index < -0.39 is 6.10 Å². The maximum Gasteiger partial charge on any atom is 0.306 e. The number of unbranched alkanes of at least 4 members (excludes halogenated alkanes) is 16. The van der Waals surface area contributed by atoms with E-state index in [4.69, 9.17) is 14.2 Å². The van der Waals surface area contributed by atoms with E-state index in [0.717, 1.165) is 148 Å². The van der Waals surface area contributed by atoms with Crippen LogP contribution in [0.3, 0.4) is 0 Å². The first-order valence-electron chi connectivity index (χ1n) is 31.6. The van der Waals surface area contributed by atoms with Crippen LogP contribution in [0, 0.1) is 0 Å². The third kappa shape index (κ3) is 63.5. The van der Waals surface area contributed by atoms with Crippen molar-refractivity contribution in [1.82, 2.24) is 0 Å². The summed E-state index contributed by atoms with van der Waals surface area (Å²) >= 11 is 0. The summed E-state index contributed by atoms with van der Waals surface area (Å²) in [5, 5.41) is 0. The summed E-state index contributed by atoms with van der Waals surface area (Å²) in [5.74, 6) is -0.996. The van der Waals surface area contributed by atoms with Crippen LogP contribution in [0.5, 0.6) is 0 Å². The molecule has 0 aliphatic carbocycles. The van der Waals surface area contributed by atoms with Gasteiger partial charge in [0.05, 0.1) is 0 Å². The smallest absolute Gasteiger partial charge is 0.306 e. The fourth-order valence-electron chi connectivity index (χ4n) is 8.08. The van der Waals surface area contributed by atoms with Gasteiger partial charge in [0.2, 0.25) is 0 Å². The van der Waals surface area contributed by atoms with Gasteiger partial charge >= 0.3 is 17.9 Å². The minimum Gasteiger partial charge on any atom is -0.462 e. The van der Waals surface area contributed by atoms with Crippen LogP contribution in [0.1, 0.15) is 252 Å². The Kier molecular flexibility index (Phi) is 61.0. The standard InChI is InChI=1S/C73H114O6/c1-4-7-10-13-16-19-22-25-28-31-33-35-36-38-39-42-45-48-51-54-57-60-63-66-72(75)78-69-70(68-77-71(74)65-62-59-56-53-50-47-44-41-30-27-24-21-18-15-12-9-6-3)79-73(76)67-64-61-58-55-52-49-46-43-40-37-34-32-29-26-23-20-17-14-11-8-5-2/h7-12,16-21,25-30,33-35,37-39,44,47,53,56,70H,4-6,13-15,22-24,31-32,36,40-43,45-46,48-52,54-55,57-69H2,1-3H3/b10-7-,11-8-,12-9-,19-16-,20-17-,21-18-,28-25-,29-26-,30-27-,35-33-,37-34-,39-38-,47-44-,56-53-. The van der Waals surface area contributed by atoms with E-state index in [1.807, 2.05) is 0 Å². The Hall–Kier alpha value is -5.23. The number of hydrogen-bond acceptors (Lipinski definition) is 6. The van der Waals surface area contributed by atoms with Crippen LogP contribution in [0.2, 0.25) is 0 Å². The molecule has 0 fully saturated rings. The lowest BCUT2D eigenvalue weighted by atomic mass is 10.1. The van der Waals surface area contributed by atoms with Crippen molar-refractivity contribution in [3.05, 3.63) is 170 Å². The van der Waals surface area contributed by atoms with Crippen LogP contribution < -0.4 is 0 Å². The second-order valence-electron chi connectivity index (χ2n) is 20.2. The van der Waals surface area contributed by atoms with Crippen molar-refractivity contribution in [3.63, 3.8) is 0 Å². The molecule has 1 atom stereocenters. The minimum absolute atomic E-state index is 0.113. The molecule has 0 aliphatic rings. The van der Waals surface area contributed by atoms with Gasteiger partial charge in [-0.05, 0) is 141 Å². The maximum absolute atomic E-state index is 12.9. The molecule has 6 heteroatoms. The number of hydrogen-bond donors (Lipinski definition) is 0. The van der Waals surface area contributed by atoms with Gasteiger partial charge in [0.25, 0.3) is 0 Å². The molecule has 0 heterocycles. The molecule has 442 valence electrons. The van der Waals surface area contributed by atoms with Crippen LogP contribution in [0.4, 0.5) is 0 Å². The lowest BCUT2D eigenvalue weighted by Crippen LogP contribution is -2.30. The normalized spacial score (nSPS) is 13.3. The monoisotopic (exact) mass is 1090 g/mol. The molecule has 0 aromatic heterocycles. The summed E-state index contributed by atoms with van der Waals surface area (Å²) in [6, 6.07) is 0. The lowest BCUT2D eigenvalue weighted by Gasteiger charge is -2.18. The molecular weight excluding hydrogens is 973 g/mol. The lowest BCUT2D eigenvalue weighted by molar-refractivity contribution is -0.167. The maximum atomic E-state index is 12.9. The Morgan fingerprint density at radius 3 is 0.759 bits per heavy atom. The third-order valence-corrected chi connectivity index (χ3v) is 12.7. The van der Waals surface area contributed by atoms with Gasteiger partial charge in [-0.15, -0.1) is 0 Å². The molecule has 79 heavy (non-hydrogen) atoms. The predicted molar refractivity (Wildman–Crippen MR) is 343 cm³/mol. The number of carbonyl (C=O) groups excluding carboxylic acids is 3. The molecule has 0 N–H and O–H groups in total. The topological polar surface area (TPSA) is 78.9 Å². The number of allylic oxidation sites excluding steroid dienone is 28. The molecule has 0 radical (unpaired) electrons. The largest absolute Gasteiger partial charge is 0.462 e. The van der Waals surface area contributed by atoms with E-state index in [1.165, 1.54) is 57.8 Å². The molecule has 0 saturated heterocycles. The van der Waals surface area contributed by atoms with E-state index in [0.29, 0.717) is 19.3 Å². The van der Waals surface area contributed by atoms with E-state index >= 15 is 0 Å². The van der Waals surface area contributed by atoms with E-state index in [1.54, 1.807) is 0 Å². The number of esters is 3. The molecule has 0 saturated carbocycles. The summed E-state index contributed by atoms with van der Waals surface area (Å²) in [6.45, 7) is 6.23. The van der Waals surface area contributed by atoms with Crippen molar-refractivity contribution in [2.24, 2.45) is 0 Å². The molecule has 0 aliphatic heterocycles. The summed E-state index contributed by atoms with van der Waals surface area (Å²) in [5.41, 5.74) is 0. The first kappa shape index (κ1) is 73.8. The Morgan fingerprint density at radius 1 is 0.253 bits per heavy atom. The Morgan fingerprint density at radius 2 is 0.468 bits per heavy atom. The van der Waals surface area contributed by atoms with Crippen LogP contribution in [0.15, 0.2) is 170 Å². The summed E-state index contributed by atoms with van der Waals surface area (Å²) in [6.07, 6.45) is 96.4. The Bertz CT molecular complexity index is 1820. The molecule has 0 amide bonds. The Balaban J connectivity index is 4.52. The zero-order valence-electron chi connectivity index (χ0n) is 50.6. The highest BCUT2D eigenvalue weighted by Gasteiger charge is 2.19. The van der Waals surface area contributed by atoms with Gasteiger partial charge in [0, 0.05) is 19.3 Å². The van der Waals surface area contributed by atoms with E-state index in [2.05, 4.69) is 191 Å². The molecule has 6 nitrogen and oxygen atoms in total. The van der Waals surface area contributed by atoms with Gasteiger partial charge in [-0.1, -0.05) is 262 Å². The van der Waals surface area contributed by atoms with Gasteiger partial charge in [-0.3, -0.25) is 14.4 Å². The molecule has 0 rings (SSSR count). The molecule has 0 spiro atoms. The van der Waals surface area contributed by atoms with Gasteiger partial charge in [-0.25, -0.2) is 0 Å². The quantitative estimate of drug-likeness (QED) is 0.0261. The van der Waals surface area contributed by atoms with Gasteiger partial charge in [-0.2, -0.15) is 0 Å². The highest BCUT2D eigenvalue weighted by Crippen LogP contribution is 2.14. The van der Waals surface area contributed by atoms with Gasteiger partial charge in [0.1, 0.15) is 13.2 Å². The van der Waals surface area contributed by atoms with E-state index in [-0.39, 0.29) is 37.5 Å². The second-order valence-corrected chi connectivity index (χ2v) is 20.2. The SMILES string of the molecule is CC/C=C\C/C=C\C/C=C\C/C=C\C/C=C\CCCCCCCCCC(=O)OCC(COC(=O)CCC/C=C\C/C=C\C/C=C\C/C=C\C/C=C\CC)OC(=O)CCCCCCCCCC/C=C\C/C=C\C/C=C\C/C=C\CC. The van der Waals surface area contributed by atoms with Crippen molar-refractivity contribution in [3.8, 4) is 0 Å². The zero-order chi connectivity index (χ0) is 57.1. The average molecular weight is 1090 g/mol. The van der Waals surface area contributed by atoms with E-state index in [9.17, 15) is 14.4 Å². The van der Waals surface area contributed by atoms with Crippen LogP contribution in [0.25, 0.3) is 0 Å². The molecule has 0 bridgehead atoms. The van der Waals surface area contributed by atoms with Crippen LogP contribution in [-0.2, 0) is 28.6 Å². The predicted octanol–water partition coefficient (Wildman–Crippen LogP) is 21.9. The number of carbonyl (C=O) groups is 3. The minimum atomic E-state index is -0.822. The first-order valence-corrected chi connectivity index (χ1v) is 31.6. The summed E-state index contributed by atoms with van der Waals surface area (Å²) < 4.78 is 16.9. The van der Waals surface area contributed by atoms with Crippen molar-refractivity contribution >= 4 is 17.9 Å². The molecule has 1 unspecified atom stereocenters. The van der Waals surface area contributed by atoms with Crippen LogP contribution in [-0.4, -0.2) is 37.2 Å². The second kappa shape index (κ2) is 65.3. The zero-order valence-corrected chi connectivity index (χ0v) is 50.6. The Labute approximate surface area is 485 Å². The highest BCUT2D eigenvalue weighted by atomic mass is 16.6. The summed E-state index contributed by atoms with van der Waals surface area (Å²) in [4.78, 5) is 38.3. The fourth-order valence-corrected chi connectivity index (χ4v) is 8.08. The van der Waals surface area contributed by atoms with Crippen molar-refractivity contribution in [2.75, 3.05) is 13.2 Å². The number of rotatable bonds is 55. The molecule has 0 aromatic rings. The van der Waals surface area contributed by atoms with Crippen molar-refractivity contribution in [2.45, 2.75) is 258 Å². The van der Waals surface area contributed by atoms with Crippen molar-refractivity contribution < 1.29 is 28.6 Å². The highest BCUT2D eigenvalue weighted by molar-refractivity contribution is 5.71. The van der Waals surface area contributed by atoms with Gasteiger partial charge < -0.3 is 14.2 Å². The van der Waals surface area contributed by atoms with Gasteiger partial charge in [0.15, 0.2) is 6.10 Å². The molecule has 0 aromatic carbocycles. The van der Waals surface area contributed by atoms with Crippen LogP contribution >= 0.6 is 0 Å².